The highest BCUT2D eigenvalue weighted by molar-refractivity contribution is 5.32. The lowest BCUT2D eigenvalue weighted by Gasteiger charge is -2.16. The fourth-order valence-corrected chi connectivity index (χ4v) is 2.11. The molecule has 0 aliphatic heterocycles. The van der Waals surface area contributed by atoms with Gasteiger partial charge in [-0.1, -0.05) is 0 Å². The van der Waals surface area contributed by atoms with Crippen LogP contribution in [0.2, 0.25) is 0 Å². The Bertz CT molecular complexity index is 569. The van der Waals surface area contributed by atoms with Crippen molar-refractivity contribution in [1.29, 1.82) is 0 Å². The average molecular weight is 278 g/mol. The first-order chi connectivity index (χ1) is 9.56. The van der Waals surface area contributed by atoms with Crippen LogP contribution in [-0.2, 0) is 12.8 Å². The number of nitrogen functional groups attached to an aromatic ring is 1. The maximum Gasteiger partial charge on any atom is 0.126 e. The fourth-order valence-electron chi connectivity index (χ4n) is 2.11. The lowest BCUT2D eigenvalue weighted by atomic mass is 10.00. The first-order valence-corrected chi connectivity index (χ1v) is 6.18. The Kier molecular flexibility index (Phi) is 4.60. The van der Waals surface area contributed by atoms with Crippen molar-refractivity contribution in [3.05, 3.63) is 59.3 Å². The predicted octanol–water partition coefficient (Wildman–Crippen LogP) is 1.56. The van der Waals surface area contributed by atoms with Crippen molar-refractivity contribution in [3.63, 3.8) is 0 Å². The van der Waals surface area contributed by atoms with Crippen molar-refractivity contribution < 1.29 is 8.78 Å². The van der Waals surface area contributed by atoms with Gasteiger partial charge < -0.3 is 5.73 Å². The number of hydrogen-bond acceptors (Lipinski definition) is 4. The van der Waals surface area contributed by atoms with E-state index in [9.17, 15) is 8.78 Å². The van der Waals surface area contributed by atoms with E-state index in [1.807, 2.05) is 6.07 Å². The molecule has 106 valence electrons. The average Bonchev–Trinajstić information content (AvgIpc) is 2.36. The maximum atomic E-state index is 13.1. The molecule has 0 fully saturated rings. The van der Waals surface area contributed by atoms with Crippen LogP contribution in [0.4, 0.5) is 14.6 Å². The Morgan fingerprint density at radius 2 is 1.70 bits per heavy atom. The number of aromatic nitrogens is 1. The zero-order valence-electron chi connectivity index (χ0n) is 10.8. The van der Waals surface area contributed by atoms with Crippen molar-refractivity contribution in [1.82, 2.24) is 10.4 Å². The second kappa shape index (κ2) is 6.40. The highest BCUT2D eigenvalue weighted by Gasteiger charge is 2.11. The predicted molar refractivity (Wildman–Crippen MR) is 73.5 cm³/mol. The standard InChI is InChI=1S/C14H16F2N4/c15-11-3-10(4-12(16)8-11)6-13(20-18)5-9-1-2-19-14(17)7-9/h1-4,7-8,13,20H,5-6,18H2,(H2,17,19). The van der Waals surface area contributed by atoms with Gasteiger partial charge in [0.05, 0.1) is 0 Å². The summed E-state index contributed by atoms with van der Waals surface area (Å²) in [7, 11) is 0. The number of rotatable bonds is 5. The molecule has 6 heteroatoms. The normalized spacial score (nSPS) is 12.3. The molecular formula is C14H16F2N4. The lowest BCUT2D eigenvalue weighted by Crippen LogP contribution is -2.38. The van der Waals surface area contributed by atoms with Gasteiger partial charge in [0.2, 0.25) is 0 Å². The monoisotopic (exact) mass is 278 g/mol. The van der Waals surface area contributed by atoms with Crippen LogP contribution in [0, 0.1) is 11.6 Å². The van der Waals surface area contributed by atoms with Crippen molar-refractivity contribution >= 4 is 5.82 Å². The number of hydrogen-bond donors (Lipinski definition) is 3. The molecule has 1 heterocycles. The molecule has 0 saturated heterocycles. The lowest BCUT2D eigenvalue weighted by molar-refractivity contribution is 0.516. The Labute approximate surface area is 115 Å². The van der Waals surface area contributed by atoms with Crippen LogP contribution in [-0.4, -0.2) is 11.0 Å². The third kappa shape index (κ3) is 3.97. The number of nitrogens with two attached hydrogens (primary N) is 2. The summed E-state index contributed by atoms with van der Waals surface area (Å²) >= 11 is 0. The topological polar surface area (TPSA) is 77.0 Å². The summed E-state index contributed by atoms with van der Waals surface area (Å²) < 4.78 is 26.3. The molecule has 0 aliphatic rings. The highest BCUT2D eigenvalue weighted by Crippen LogP contribution is 2.13. The number of anilines is 1. The van der Waals surface area contributed by atoms with Crippen LogP contribution in [0.5, 0.6) is 0 Å². The van der Waals surface area contributed by atoms with Gasteiger partial charge in [-0.25, -0.2) is 13.8 Å². The molecule has 0 saturated carbocycles. The van der Waals surface area contributed by atoms with E-state index in [0.29, 0.717) is 24.2 Å². The summed E-state index contributed by atoms with van der Waals surface area (Å²) in [6.07, 6.45) is 2.61. The van der Waals surface area contributed by atoms with Gasteiger partial charge in [-0.2, -0.15) is 0 Å². The van der Waals surface area contributed by atoms with Crippen molar-refractivity contribution in [2.75, 3.05) is 5.73 Å². The minimum absolute atomic E-state index is 0.155. The SMILES string of the molecule is NNC(Cc1cc(F)cc(F)c1)Cc1ccnc(N)c1. The first-order valence-electron chi connectivity index (χ1n) is 6.18. The maximum absolute atomic E-state index is 13.1. The molecule has 4 nitrogen and oxygen atoms in total. The molecule has 1 unspecified atom stereocenters. The van der Waals surface area contributed by atoms with Gasteiger partial charge in [0.25, 0.3) is 0 Å². The highest BCUT2D eigenvalue weighted by atomic mass is 19.1. The molecule has 2 rings (SSSR count). The molecule has 1 aromatic carbocycles. The number of pyridine rings is 1. The zero-order chi connectivity index (χ0) is 14.5. The van der Waals surface area contributed by atoms with E-state index in [4.69, 9.17) is 11.6 Å². The van der Waals surface area contributed by atoms with Gasteiger partial charge >= 0.3 is 0 Å². The Hall–Kier alpha value is -2.05. The van der Waals surface area contributed by atoms with Gasteiger partial charge in [-0.3, -0.25) is 11.3 Å². The van der Waals surface area contributed by atoms with E-state index in [0.717, 1.165) is 11.6 Å². The molecule has 2 aromatic rings. The summed E-state index contributed by atoms with van der Waals surface area (Å²) in [4.78, 5) is 3.91. The smallest absolute Gasteiger partial charge is 0.126 e. The summed E-state index contributed by atoms with van der Waals surface area (Å²) in [6, 6.07) is 6.86. The van der Waals surface area contributed by atoms with Gasteiger partial charge in [0, 0.05) is 18.3 Å². The largest absolute Gasteiger partial charge is 0.384 e. The zero-order valence-corrected chi connectivity index (χ0v) is 10.8. The van der Waals surface area contributed by atoms with Crippen LogP contribution in [0.15, 0.2) is 36.5 Å². The van der Waals surface area contributed by atoms with Crippen LogP contribution < -0.4 is 17.0 Å². The van der Waals surface area contributed by atoms with E-state index in [1.165, 1.54) is 12.1 Å². The first kappa shape index (κ1) is 14.4. The van der Waals surface area contributed by atoms with E-state index < -0.39 is 11.6 Å². The number of hydrazine groups is 1. The van der Waals surface area contributed by atoms with E-state index in [-0.39, 0.29) is 6.04 Å². The Balaban J connectivity index is 2.09. The summed E-state index contributed by atoms with van der Waals surface area (Å²) in [5, 5.41) is 0. The van der Waals surface area contributed by atoms with Crippen LogP contribution in [0.1, 0.15) is 11.1 Å². The third-order valence-electron chi connectivity index (χ3n) is 2.97. The molecule has 0 bridgehead atoms. The summed E-state index contributed by atoms with van der Waals surface area (Å²) in [5.74, 6) is 4.74. The number of nitrogens with zero attached hydrogens (tertiary/aromatic N) is 1. The molecule has 0 amide bonds. The van der Waals surface area contributed by atoms with E-state index in [1.54, 1.807) is 12.3 Å². The molecule has 1 aromatic heterocycles. The van der Waals surface area contributed by atoms with Crippen LogP contribution in [0.3, 0.4) is 0 Å². The van der Waals surface area contributed by atoms with Gasteiger partial charge in [-0.15, -0.1) is 0 Å². The van der Waals surface area contributed by atoms with Gasteiger partial charge in [0.1, 0.15) is 17.5 Å². The molecule has 5 N–H and O–H groups in total. The summed E-state index contributed by atoms with van der Waals surface area (Å²) in [6.45, 7) is 0. The number of nitrogens with one attached hydrogen (secondary N) is 1. The number of benzene rings is 1. The van der Waals surface area contributed by atoms with E-state index in [2.05, 4.69) is 10.4 Å². The second-order valence-corrected chi connectivity index (χ2v) is 4.64. The molecular weight excluding hydrogens is 262 g/mol. The Morgan fingerprint density at radius 3 is 2.30 bits per heavy atom. The van der Waals surface area contributed by atoms with Crippen molar-refractivity contribution in [3.8, 4) is 0 Å². The summed E-state index contributed by atoms with van der Waals surface area (Å²) in [5.41, 5.74) is 9.76. The van der Waals surface area contributed by atoms with Crippen LogP contribution in [0.25, 0.3) is 0 Å². The van der Waals surface area contributed by atoms with Crippen molar-refractivity contribution in [2.24, 2.45) is 5.84 Å². The molecule has 1 atom stereocenters. The van der Waals surface area contributed by atoms with Crippen LogP contribution >= 0.6 is 0 Å². The number of halogens is 2. The van der Waals surface area contributed by atoms with Crippen molar-refractivity contribution in [2.45, 2.75) is 18.9 Å². The molecule has 0 spiro atoms. The molecule has 20 heavy (non-hydrogen) atoms. The quantitative estimate of drug-likeness (QED) is 0.573. The third-order valence-corrected chi connectivity index (χ3v) is 2.97. The van der Waals surface area contributed by atoms with Gasteiger partial charge in [-0.05, 0) is 48.2 Å². The fraction of sp³-hybridized carbons (Fsp3) is 0.214. The van der Waals surface area contributed by atoms with Gasteiger partial charge in [0.15, 0.2) is 0 Å². The Morgan fingerprint density at radius 1 is 1.05 bits per heavy atom. The minimum atomic E-state index is -0.594. The minimum Gasteiger partial charge on any atom is -0.384 e. The van der Waals surface area contributed by atoms with E-state index >= 15 is 0 Å². The second-order valence-electron chi connectivity index (χ2n) is 4.64. The molecule has 0 radical (unpaired) electrons. The molecule has 0 aliphatic carbocycles.